The Morgan fingerprint density at radius 1 is 1.47 bits per heavy atom. The van der Waals surface area contributed by atoms with Crippen LogP contribution in [0.1, 0.15) is 5.56 Å². The van der Waals surface area contributed by atoms with Crippen molar-refractivity contribution in [2.24, 2.45) is 0 Å². The van der Waals surface area contributed by atoms with Gasteiger partial charge >= 0.3 is 5.97 Å². The molecular weight excluding hydrogens is 223 g/mol. The van der Waals surface area contributed by atoms with E-state index in [0.29, 0.717) is 0 Å². The van der Waals surface area contributed by atoms with Crippen LogP contribution in [0.4, 0.5) is 4.39 Å². The van der Waals surface area contributed by atoms with Crippen molar-refractivity contribution in [1.82, 2.24) is 10.3 Å². The second kappa shape index (κ2) is 4.97. The summed E-state index contributed by atoms with van der Waals surface area (Å²) in [6.45, 7) is -0.848. The summed E-state index contributed by atoms with van der Waals surface area (Å²) in [7, 11) is 0. The molecule has 0 radical (unpaired) electrons. The van der Waals surface area contributed by atoms with Crippen LogP contribution >= 0.6 is 0 Å². The van der Waals surface area contributed by atoms with Crippen molar-refractivity contribution in [2.75, 3.05) is 6.80 Å². The molecule has 0 spiro atoms. The maximum absolute atomic E-state index is 12.2. The van der Waals surface area contributed by atoms with Gasteiger partial charge in [-0.15, -0.1) is 0 Å². The molecule has 3 N–H and O–H groups in total. The summed E-state index contributed by atoms with van der Waals surface area (Å²) < 4.78 is 12.2. The lowest BCUT2D eigenvalue weighted by Gasteiger charge is -2.10. The Bertz CT molecular complexity index is 524. The number of hydrogen-bond acceptors (Lipinski definition) is 2. The molecular formula is C12H13FN2O2. The lowest BCUT2D eigenvalue weighted by Crippen LogP contribution is -2.37. The first-order valence-corrected chi connectivity index (χ1v) is 5.29. The number of rotatable bonds is 5. The van der Waals surface area contributed by atoms with E-state index >= 15 is 0 Å². The smallest absolute Gasteiger partial charge is 0.321 e. The number of fused-ring (bicyclic) bond motifs is 1. The highest BCUT2D eigenvalue weighted by atomic mass is 19.1. The van der Waals surface area contributed by atoms with Crippen LogP contribution in [0, 0.1) is 0 Å². The summed E-state index contributed by atoms with van der Waals surface area (Å²) in [5.41, 5.74) is 1.82. The average Bonchev–Trinajstić information content (AvgIpc) is 2.72. The van der Waals surface area contributed by atoms with Crippen molar-refractivity contribution in [1.29, 1.82) is 0 Å². The molecule has 0 aliphatic heterocycles. The third-order valence-electron chi connectivity index (χ3n) is 2.72. The molecule has 2 aromatic rings. The summed E-state index contributed by atoms with van der Waals surface area (Å²) in [4.78, 5) is 14.0. The van der Waals surface area contributed by atoms with Crippen molar-refractivity contribution in [3.63, 3.8) is 0 Å². The van der Waals surface area contributed by atoms with Gasteiger partial charge in [0.1, 0.15) is 12.8 Å². The highest BCUT2D eigenvalue weighted by Crippen LogP contribution is 2.19. The van der Waals surface area contributed by atoms with Crippen molar-refractivity contribution >= 4 is 16.9 Å². The third-order valence-corrected chi connectivity index (χ3v) is 2.72. The quantitative estimate of drug-likeness (QED) is 0.692. The Morgan fingerprint density at radius 2 is 2.24 bits per heavy atom. The average molecular weight is 236 g/mol. The zero-order valence-electron chi connectivity index (χ0n) is 9.11. The number of carboxylic acid groups (broad SMARTS) is 1. The predicted molar refractivity (Wildman–Crippen MR) is 62.5 cm³/mol. The molecule has 4 nitrogen and oxygen atoms in total. The van der Waals surface area contributed by atoms with Crippen LogP contribution in [0.2, 0.25) is 0 Å². The molecule has 1 aromatic heterocycles. The van der Waals surface area contributed by atoms with Crippen molar-refractivity contribution < 1.29 is 14.3 Å². The van der Waals surface area contributed by atoms with Gasteiger partial charge in [-0.05, 0) is 11.6 Å². The first-order valence-electron chi connectivity index (χ1n) is 5.29. The molecule has 1 atom stereocenters. The lowest BCUT2D eigenvalue weighted by atomic mass is 10.1. The molecule has 1 heterocycles. The van der Waals surface area contributed by atoms with E-state index in [2.05, 4.69) is 10.3 Å². The van der Waals surface area contributed by atoms with Crippen molar-refractivity contribution in [3.8, 4) is 0 Å². The van der Waals surface area contributed by atoms with Crippen LogP contribution in [0.15, 0.2) is 30.5 Å². The zero-order valence-corrected chi connectivity index (χ0v) is 9.11. The first-order chi connectivity index (χ1) is 8.22. The normalized spacial score (nSPS) is 12.8. The number of benzene rings is 1. The highest BCUT2D eigenvalue weighted by molar-refractivity contribution is 5.84. The molecule has 90 valence electrons. The van der Waals surface area contributed by atoms with E-state index in [1.807, 2.05) is 24.3 Å². The van der Waals surface area contributed by atoms with Crippen LogP contribution < -0.4 is 5.32 Å². The number of nitrogens with one attached hydrogen (secondary N) is 2. The number of aliphatic carboxylic acids is 1. The highest BCUT2D eigenvalue weighted by Gasteiger charge is 2.18. The number of H-pyrrole nitrogens is 1. The van der Waals surface area contributed by atoms with Gasteiger partial charge < -0.3 is 10.1 Å². The Kier molecular flexibility index (Phi) is 3.39. The van der Waals surface area contributed by atoms with E-state index in [0.717, 1.165) is 16.5 Å². The molecule has 5 heteroatoms. The van der Waals surface area contributed by atoms with Crippen LogP contribution in [0.25, 0.3) is 10.9 Å². The number of carboxylic acids is 1. The third kappa shape index (κ3) is 2.45. The maximum Gasteiger partial charge on any atom is 0.321 e. The van der Waals surface area contributed by atoms with Gasteiger partial charge in [0.2, 0.25) is 0 Å². The molecule has 0 saturated carbocycles. The van der Waals surface area contributed by atoms with Crippen LogP contribution in [-0.2, 0) is 11.2 Å². The van der Waals surface area contributed by atoms with Gasteiger partial charge in [0.05, 0.1) is 0 Å². The molecule has 1 aromatic carbocycles. The van der Waals surface area contributed by atoms with Crippen LogP contribution in [-0.4, -0.2) is 28.9 Å². The van der Waals surface area contributed by atoms with Crippen LogP contribution in [0.3, 0.4) is 0 Å². The molecule has 2 rings (SSSR count). The van der Waals surface area contributed by atoms with E-state index in [-0.39, 0.29) is 6.42 Å². The summed E-state index contributed by atoms with van der Waals surface area (Å²) in [6.07, 6.45) is 2.02. The van der Waals surface area contributed by atoms with E-state index in [4.69, 9.17) is 5.11 Å². The summed E-state index contributed by atoms with van der Waals surface area (Å²) in [5.74, 6) is -1.05. The SMILES string of the molecule is O=C(O)C(Cc1c[nH]c2ccccc12)NCF. The number of alkyl halides is 1. The topological polar surface area (TPSA) is 65.1 Å². The molecule has 0 saturated heterocycles. The minimum atomic E-state index is -1.05. The van der Waals surface area contributed by atoms with E-state index < -0.39 is 18.8 Å². The van der Waals surface area contributed by atoms with Crippen molar-refractivity contribution in [2.45, 2.75) is 12.5 Å². The Balaban J connectivity index is 2.25. The van der Waals surface area contributed by atoms with Gasteiger partial charge in [0.15, 0.2) is 0 Å². The Labute approximate surface area is 97.5 Å². The monoisotopic (exact) mass is 236 g/mol. The number of aromatic nitrogens is 1. The molecule has 0 fully saturated rings. The number of carbonyl (C=O) groups is 1. The minimum Gasteiger partial charge on any atom is -0.480 e. The van der Waals surface area contributed by atoms with Gasteiger partial charge in [-0.25, -0.2) is 4.39 Å². The first kappa shape index (κ1) is 11.6. The van der Waals surface area contributed by atoms with Gasteiger partial charge in [0, 0.05) is 23.5 Å². The predicted octanol–water partition coefficient (Wildman–Crippen LogP) is 1.68. The largest absolute Gasteiger partial charge is 0.480 e. The standard InChI is InChI=1S/C12H13FN2O2/c13-7-15-11(12(16)17)5-8-6-14-10-4-2-1-3-9(8)10/h1-4,6,11,14-15H,5,7H2,(H,16,17). The van der Waals surface area contributed by atoms with Gasteiger partial charge in [0.25, 0.3) is 0 Å². The van der Waals surface area contributed by atoms with E-state index in [9.17, 15) is 9.18 Å². The van der Waals surface area contributed by atoms with E-state index in [1.165, 1.54) is 0 Å². The second-order valence-corrected chi connectivity index (χ2v) is 3.79. The minimum absolute atomic E-state index is 0.253. The number of aromatic amines is 1. The molecule has 0 aliphatic carbocycles. The van der Waals surface area contributed by atoms with Gasteiger partial charge in [-0.1, -0.05) is 18.2 Å². The number of halogens is 1. The fourth-order valence-electron chi connectivity index (χ4n) is 1.86. The fraction of sp³-hybridized carbons (Fsp3) is 0.250. The summed E-state index contributed by atoms with van der Waals surface area (Å²) >= 11 is 0. The Hall–Kier alpha value is -1.88. The number of hydrogen-bond donors (Lipinski definition) is 3. The molecule has 17 heavy (non-hydrogen) atoms. The maximum atomic E-state index is 12.2. The van der Waals surface area contributed by atoms with Crippen LogP contribution in [0.5, 0.6) is 0 Å². The number of para-hydroxylation sites is 1. The Morgan fingerprint density at radius 3 is 2.94 bits per heavy atom. The molecule has 0 aliphatic rings. The lowest BCUT2D eigenvalue weighted by molar-refractivity contribution is -0.139. The van der Waals surface area contributed by atoms with E-state index in [1.54, 1.807) is 6.20 Å². The summed E-state index contributed by atoms with van der Waals surface area (Å²) in [5, 5.41) is 12.2. The molecule has 1 unspecified atom stereocenters. The summed E-state index contributed by atoms with van der Waals surface area (Å²) in [6, 6.07) is 6.71. The van der Waals surface area contributed by atoms with Gasteiger partial charge in [-0.2, -0.15) is 0 Å². The zero-order chi connectivity index (χ0) is 12.3. The molecule has 0 amide bonds. The van der Waals surface area contributed by atoms with Gasteiger partial charge in [-0.3, -0.25) is 10.1 Å². The molecule has 0 bridgehead atoms. The van der Waals surface area contributed by atoms with Crippen molar-refractivity contribution in [3.05, 3.63) is 36.0 Å². The fourth-order valence-corrected chi connectivity index (χ4v) is 1.86. The second-order valence-electron chi connectivity index (χ2n) is 3.79.